The van der Waals surface area contributed by atoms with Crippen LogP contribution in [0.1, 0.15) is 16.1 Å². The van der Waals surface area contributed by atoms with E-state index in [0.717, 1.165) is 10.6 Å². The molecule has 22 heavy (non-hydrogen) atoms. The molecule has 0 saturated carbocycles. The van der Waals surface area contributed by atoms with Crippen molar-refractivity contribution in [3.05, 3.63) is 40.4 Å². The molecule has 0 aliphatic carbocycles. The molecule has 0 spiro atoms. The van der Waals surface area contributed by atoms with Crippen LogP contribution in [-0.2, 0) is 4.74 Å². The molecule has 1 amide bonds. The van der Waals surface area contributed by atoms with Crippen LogP contribution in [0.15, 0.2) is 30.5 Å². The molecule has 0 aliphatic rings. The van der Waals surface area contributed by atoms with E-state index in [0.29, 0.717) is 36.1 Å². The molecule has 0 atom stereocenters. The Hall–Kier alpha value is -1.47. The van der Waals surface area contributed by atoms with Gasteiger partial charge in [0.15, 0.2) is 0 Å². The molecule has 0 bridgehead atoms. The number of nitrogens with one attached hydrogen (secondary N) is 1. The molecule has 0 unspecified atom stereocenters. The molecule has 0 radical (unpaired) electrons. The highest BCUT2D eigenvalue weighted by atomic mass is 35.5. The lowest BCUT2D eigenvalue weighted by Crippen LogP contribution is -2.24. The zero-order valence-corrected chi connectivity index (χ0v) is 13.5. The van der Waals surface area contributed by atoms with Gasteiger partial charge in [0.25, 0.3) is 5.91 Å². The summed E-state index contributed by atoms with van der Waals surface area (Å²) in [5.74, 6) is -0.155. The number of hydrogen-bond acceptors (Lipinski definition) is 5. The number of carbonyl (C=O) groups is 1. The average Bonchev–Trinajstić information content (AvgIpc) is 3.01. The number of hydrogen-bond donors (Lipinski definition) is 2. The van der Waals surface area contributed by atoms with Crippen molar-refractivity contribution in [3.63, 3.8) is 0 Å². The van der Waals surface area contributed by atoms with Gasteiger partial charge in [0.2, 0.25) is 0 Å². The summed E-state index contributed by atoms with van der Waals surface area (Å²) in [7, 11) is 0. The maximum atomic E-state index is 12.0. The molecule has 118 valence electrons. The smallest absolute Gasteiger partial charge is 0.263 e. The molecule has 2 rings (SSSR count). The number of thiazole rings is 1. The number of aromatic nitrogens is 1. The highest BCUT2D eigenvalue weighted by Crippen LogP contribution is 2.30. The molecular weight excluding hydrogens is 324 g/mol. The van der Waals surface area contributed by atoms with E-state index < -0.39 is 0 Å². The zero-order chi connectivity index (χ0) is 15.8. The summed E-state index contributed by atoms with van der Waals surface area (Å²) in [5, 5.41) is 12.7. The van der Waals surface area contributed by atoms with E-state index in [9.17, 15) is 4.79 Å². The highest BCUT2D eigenvalue weighted by molar-refractivity contribution is 7.17. The summed E-state index contributed by atoms with van der Waals surface area (Å²) in [6.07, 6.45) is 2.25. The number of rotatable bonds is 8. The average molecular weight is 341 g/mol. The van der Waals surface area contributed by atoms with E-state index in [-0.39, 0.29) is 12.5 Å². The third kappa shape index (κ3) is 4.78. The molecule has 1 aromatic heterocycles. The first-order valence-corrected chi connectivity index (χ1v) is 8.09. The Morgan fingerprint density at radius 2 is 2.18 bits per heavy atom. The molecule has 1 heterocycles. The highest BCUT2D eigenvalue weighted by Gasteiger charge is 2.12. The second-order valence-corrected chi connectivity index (χ2v) is 5.89. The van der Waals surface area contributed by atoms with Crippen LogP contribution in [0.2, 0.25) is 5.02 Å². The number of aliphatic hydroxyl groups excluding tert-OH is 1. The van der Waals surface area contributed by atoms with E-state index in [1.54, 1.807) is 12.3 Å². The maximum Gasteiger partial charge on any atom is 0.263 e. The number of halogens is 1. The van der Waals surface area contributed by atoms with E-state index in [1.165, 1.54) is 11.3 Å². The monoisotopic (exact) mass is 340 g/mol. The van der Waals surface area contributed by atoms with Gasteiger partial charge in [-0.15, -0.1) is 11.3 Å². The van der Waals surface area contributed by atoms with Crippen molar-refractivity contribution >= 4 is 28.8 Å². The van der Waals surface area contributed by atoms with Crippen molar-refractivity contribution in [3.8, 4) is 10.6 Å². The largest absolute Gasteiger partial charge is 0.394 e. The van der Waals surface area contributed by atoms with Gasteiger partial charge >= 0.3 is 0 Å². The molecule has 2 aromatic rings. The molecule has 7 heteroatoms. The van der Waals surface area contributed by atoms with Gasteiger partial charge in [0.05, 0.1) is 24.4 Å². The van der Waals surface area contributed by atoms with Gasteiger partial charge in [0, 0.05) is 18.7 Å². The maximum absolute atomic E-state index is 12.0. The quantitative estimate of drug-likeness (QED) is 0.725. The minimum Gasteiger partial charge on any atom is -0.394 e. The fourth-order valence-corrected chi connectivity index (χ4v) is 2.92. The molecular formula is C15H17ClN2O3S. The SMILES string of the molecule is O=C(NCCCOCCO)c1cnc(-c2ccccc2Cl)s1. The van der Waals surface area contributed by atoms with Crippen LogP contribution >= 0.6 is 22.9 Å². The topological polar surface area (TPSA) is 71.5 Å². The molecule has 0 aliphatic heterocycles. The number of nitrogens with zero attached hydrogens (tertiary/aromatic N) is 1. The van der Waals surface area contributed by atoms with Crippen LogP contribution in [-0.4, -0.2) is 42.4 Å². The van der Waals surface area contributed by atoms with Crippen LogP contribution in [0.5, 0.6) is 0 Å². The number of ether oxygens (including phenoxy) is 1. The van der Waals surface area contributed by atoms with Gasteiger partial charge in [-0.3, -0.25) is 4.79 Å². The Balaban J connectivity index is 1.86. The lowest BCUT2D eigenvalue weighted by molar-refractivity contribution is 0.0869. The van der Waals surface area contributed by atoms with Crippen molar-refractivity contribution in [1.29, 1.82) is 0 Å². The Labute approximate surface area is 137 Å². The van der Waals surface area contributed by atoms with Crippen molar-refractivity contribution in [2.45, 2.75) is 6.42 Å². The first-order chi connectivity index (χ1) is 10.7. The predicted molar refractivity (Wildman–Crippen MR) is 87.4 cm³/mol. The van der Waals surface area contributed by atoms with E-state index in [1.807, 2.05) is 18.2 Å². The molecule has 1 aromatic carbocycles. The first-order valence-electron chi connectivity index (χ1n) is 6.90. The summed E-state index contributed by atoms with van der Waals surface area (Å²) in [4.78, 5) is 16.8. The van der Waals surface area contributed by atoms with Gasteiger partial charge in [-0.2, -0.15) is 0 Å². The molecule has 0 saturated heterocycles. The summed E-state index contributed by atoms with van der Waals surface area (Å²) in [5.41, 5.74) is 0.825. The third-order valence-electron chi connectivity index (χ3n) is 2.82. The summed E-state index contributed by atoms with van der Waals surface area (Å²) >= 11 is 7.43. The van der Waals surface area contributed by atoms with Crippen molar-refractivity contribution < 1.29 is 14.6 Å². The lowest BCUT2D eigenvalue weighted by Gasteiger charge is -2.03. The van der Waals surface area contributed by atoms with Crippen LogP contribution in [0, 0.1) is 0 Å². The lowest BCUT2D eigenvalue weighted by atomic mass is 10.2. The van der Waals surface area contributed by atoms with E-state index in [2.05, 4.69) is 10.3 Å². The van der Waals surface area contributed by atoms with Gasteiger partial charge in [0.1, 0.15) is 9.88 Å². The van der Waals surface area contributed by atoms with Gasteiger partial charge in [-0.05, 0) is 12.5 Å². The van der Waals surface area contributed by atoms with Gasteiger partial charge in [-0.1, -0.05) is 29.8 Å². The summed E-state index contributed by atoms with van der Waals surface area (Å²) < 4.78 is 5.12. The predicted octanol–water partition coefficient (Wildman–Crippen LogP) is 2.59. The Bertz CT molecular complexity index is 618. The molecule has 0 fully saturated rings. The van der Waals surface area contributed by atoms with Crippen molar-refractivity contribution in [2.24, 2.45) is 0 Å². The van der Waals surface area contributed by atoms with Crippen LogP contribution in [0.3, 0.4) is 0 Å². The van der Waals surface area contributed by atoms with Crippen LogP contribution in [0.4, 0.5) is 0 Å². The van der Waals surface area contributed by atoms with E-state index >= 15 is 0 Å². The number of carbonyl (C=O) groups excluding carboxylic acids is 1. The second kappa shape index (κ2) is 8.85. The molecule has 5 nitrogen and oxygen atoms in total. The summed E-state index contributed by atoms with van der Waals surface area (Å²) in [6.45, 7) is 1.36. The number of amides is 1. The standard InChI is InChI=1S/C15H17ClN2O3S/c16-12-5-2-1-4-11(12)15-18-10-13(22-15)14(20)17-6-3-8-21-9-7-19/h1-2,4-5,10,19H,3,6-9H2,(H,17,20). The third-order valence-corrected chi connectivity index (χ3v) is 4.18. The van der Waals surface area contributed by atoms with Crippen molar-refractivity contribution in [1.82, 2.24) is 10.3 Å². The van der Waals surface area contributed by atoms with Gasteiger partial charge < -0.3 is 15.2 Å². The van der Waals surface area contributed by atoms with Crippen LogP contribution < -0.4 is 5.32 Å². The minimum absolute atomic E-state index is 0.0120. The first kappa shape index (κ1) is 16.9. The summed E-state index contributed by atoms with van der Waals surface area (Å²) in [6, 6.07) is 7.41. The Kier molecular flexibility index (Phi) is 6.79. The van der Waals surface area contributed by atoms with Gasteiger partial charge in [-0.25, -0.2) is 4.98 Å². The van der Waals surface area contributed by atoms with E-state index in [4.69, 9.17) is 21.4 Å². The van der Waals surface area contributed by atoms with Crippen molar-refractivity contribution in [2.75, 3.05) is 26.4 Å². The second-order valence-electron chi connectivity index (χ2n) is 4.45. The minimum atomic E-state index is -0.155. The normalized spacial score (nSPS) is 10.6. The number of aliphatic hydroxyl groups is 1. The van der Waals surface area contributed by atoms with Crippen LogP contribution in [0.25, 0.3) is 10.6 Å². The number of benzene rings is 1. The Morgan fingerprint density at radius 1 is 1.36 bits per heavy atom. The zero-order valence-electron chi connectivity index (χ0n) is 11.9. The fourth-order valence-electron chi connectivity index (χ4n) is 1.77. The molecule has 2 N–H and O–H groups in total. The fraction of sp³-hybridized carbons (Fsp3) is 0.333. The Morgan fingerprint density at radius 3 is 2.95 bits per heavy atom.